The van der Waals surface area contributed by atoms with Crippen molar-refractivity contribution in [1.29, 1.82) is 0 Å². The van der Waals surface area contributed by atoms with Crippen LogP contribution in [0.15, 0.2) is 29.3 Å². The molecular formula is C20H35N5O2. The number of rotatable bonds is 11. The van der Waals surface area contributed by atoms with E-state index in [0.717, 1.165) is 31.2 Å². The van der Waals surface area contributed by atoms with Crippen molar-refractivity contribution in [2.45, 2.75) is 53.2 Å². The van der Waals surface area contributed by atoms with E-state index >= 15 is 0 Å². The van der Waals surface area contributed by atoms with Gasteiger partial charge >= 0.3 is 0 Å². The number of nitrogens with one attached hydrogen (secondary N) is 2. The maximum Gasteiger partial charge on any atom is 0.255 e. The van der Waals surface area contributed by atoms with Gasteiger partial charge in [0.25, 0.3) is 5.91 Å². The zero-order chi connectivity index (χ0) is 20.2. The molecule has 27 heavy (non-hydrogen) atoms. The number of primary amides is 1. The van der Waals surface area contributed by atoms with Crippen molar-refractivity contribution in [2.24, 2.45) is 10.7 Å². The molecule has 0 unspecified atom stereocenters. The molecule has 0 aliphatic rings. The van der Waals surface area contributed by atoms with Crippen LogP contribution in [0.4, 0.5) is 0 Å². The number of carbonyl (C=O) groups excluding carboxylic acids is 1. The van der Waals surface area contributed by atoms with Crippen LogP contribution in [0.1, 0.15) is 40.2 Å². The Morgan fingerprint density at radius 1 is 1.22 bits per heavy atom. The number of benzene rings is 1. The summed E-state index contributed by atoms with van der Waals surface area (Å²) in [7, 11) is 0. The third-order valence-electron chi connectivity index (χ3n) is 4.03. The molecule has 1 amide bonds. The van der Waals surface area contributed by atoms with Crippen molar-refractivity contribution < 1.29 is 9.53 Å². The fourth-order valence-electron chi connectivity index (χ4n) is 2.82. The average Bonchev–Trinajstić information content (AvgIpc) is 2.61. The number of aliphatic imine (C=N–C) groups is 1. The second-order valence-electron chi connectivity index (χ2n) is 6.95. The first-order valence-corrected chi connectivity index (χ1v) is 9.61. The first-order chi connectivity index (χ1) is 12.8. The predicted octanol–water partition coefficient (Wildman–Crippen LogP) is 1.72. The highest BCUT2D eigenvalue weighted by molar-refractivity contribution is 5.79. The van der Waals surface area contributed by atoms with Crippen molar-refractivity contribution >= 4 is 11.9 Å². The summed E-state index contributed by atoms with van der Waals surface area (Å²) in [6, 6.07) is 8.54. The maximum absolute atomic E-state index is 10.8. The fraction of sp³-hybridized carbons (Fsp3) is 0.600. The van der Waals surface area contributed by atoms with E-state index in [2.05, 4.69) is 48.2 Å². The summed E-state index contributed by atoms with van der Waals surface area (Å²) in [5.41, 5.74) is 6.11. The van der Waals surface area contributed by atoms with Gasteiger partial charge in [0, 0.05) is 31.7 Å². The smallest absolute Gasteiger partial charge is 0.255 e. The molecule has 0 aromatic heterocycles. The monoisotopic (exact) mass is 377 g/mol. The molecule has 1 aromatic carbocycles. The normalized spacial score (nSPS) is 11.9. The van der Waals surface area contributed by atoms with Crippen molar-refractivity contribution in [3.63, 3.8) is 0 Å². The summed E-state index contributed by atoms with van der Waals surface area (Å²) in [6.45, 7) is 13.9. The average molecular weight is 378 g/mol. The highest BCUT2D eigenvalue weighted by atomic mass is 16.5. The van der Waals surface area contributed by atoms with E-state index in [0.29, 0.717) is 24.4 Å². The number of hydrogen-bond acceptors (Lipinski definition) is 4. The van der Waals surface area contributed by atoms with Crippen molar-refractivity contribution in [3.05, 3.63) is 29.8 Å². The molecule has 7 nitrogen and oxygen atoms in total. The van der Waals surface area contributed by atoms with E-state index in [1.165, 1.54) is 0 Å². The second-order valence-corrected chi connectivity index (χ2v) is 6.95. The molecule has 0 spiro atoms. The number of ether oxygens (including phenoxy) is 1. The molecule has 0 saturated carbocycles. The Balaban J connectivity index is 2.62. The third-order valence-corrected chi connectivity index (χ3v) is 4.03. The summed E-state index contributed by atoms with van der Waals surface area (Å²) < 4.78 is 5.34. The highest BCUT2D eigenvalue weighted by Crippen LogP contribution is 2.14. The number of hydrogen-bond donors (Lipinski definition) is 3. The quantitative estimate of drug-likeness (QED) is 0.403. The lowest BCUT2D eigenvalue weighted by Crippen LogP contribution is -2.45. The van der Waals surface area contributed by atoms with Crippen molar-refractivity contribution in [3.8, 4) is 5.75 Å². The molecular weight excluding hydrogens is 342 g/mol. The van der Waals surface area contributed by atoms with Crippen LogP contribution >= 0.6 is 0 Å². The number of nitrogens with zero attached hydrogens (tertiary/aromatic N) is 2. The number of amides is 1. The van der Waals surface area contributed by atoms with E-state index in [-0.39, 0.29) is 6.61 Å². The summed E-state index contributed by atoms with van der Waals surface area (Å²) in [4.78, 5) is 17.9. The van der Waals surface area contributed by atoms with Gasteiger partial charge in [-0.05, 0) is 52.3 Å². The zero-order valence-electron chi connectivity index (χ0n) is 17.3. The van der Waals surface area contributed by atoms with Crippen LogP contribution in [-0.2, 0) is 11.3 Å². The Hall–Kier alpha value is -2.28. The third kappa shape index (κ3) is 9.28. The largest absolute Gasteiger partial charge is 0.484 e. The Kier molecular flexibility index (Phi) is 10.3. The Bertz CT molecular complexity index is 594. The van der Waals surface area contributed by atoms with Gasteiger partial charge in [-0.15, -0.1) is 0 Å². The topological polar surface area (TPSA) is 92.0 Å². The van der Waals surface area contributed by atoms with Gasteiger partial charge in [0.15, 0.2) is 12.6 Å². The molecule has 4 N–H and O–H groups in total. The lowest BCUT2D eigenvalue weighted by atomic mass is 10.2. The summed E-state index contributed by atoms with van der Waals surface area (Å²) in [6.07, 6.45) is 0. The van der Waals surface area contributed by atoms with Crippen LogP contribution in [0.5, 0.6) is 5.75 Å². The Labute approximate surface area is 163 Å². The van der Waals surface area contributed by atoms with Gasteiger partial charge in [-0.25, -0.2) is 4.99 Å². The van der Waals surface area contributed by atoms with Gasteiger partial charge in [-0.2, -0.15) is 0 Å². The van der Waals surface area contributed by atoms with E-state index in [9.17, 15) is 4.79 Å². The highest BCUT2D eigenvalue weighted by Gasteiger charge is 2.12. The number of guanidine groups is 1. The Morgan fingerprint density at radius 3 is 2.52 bits per heavy atom. The van der Waals surface area contributed by atoms with Gasteiger partial charge in [0.05, 0.1) is 6.54 Å². The van der Waals surface area contributed by atoms with Crippen LogP contribution in [0.25, 0.3) is 0 Å². The lowest BCUT2D eigenvalue weighted by Gasteiger charge is -2.30. The molecule has 0 fully saturated rings. The van der Waals surface area contributed by atoms with Gasteiger partial charge in [-0.3, -0.25) is 9.69 Å². The molecule has 0 aliphatic carbocycles. The summed E-state index contributed by atoms with van der Waals surface area (Å²) in [5, 5.41) is 6.66. The molecule has 0 aliphatic heterocycles. The second kappa shape index (κ2) is 12.2. The van der Waals surface area contributed by atoms with Crippen LogP contribution in [0.3, 0.4) is 0 Å². The lowest BCUT2D eigenvalue weighted by molar-refractivity contribution is -0.119. The molecule has 0 heterocycles. The molecule has 0 atom stereocenters. The van der Waals surface area contributed by atoms with Crippen LogP contribution in [0, 0.1) is 0 Å². The molecule has 0 saturated heterocycles. The minimum absolute atomic E-state index is 0.126. The molecule has 0 bridgehead atoms. The SMILES string of the molecule is CCNC(=NCc1cccc(OCC(N)=O)c1)NCCN(C(C)C)C(C)C. The fourth-order valence-corrected chi connectivity index (χ4v) is 2.82. The molecule has 1 aromatic rings. The van der Waals surface area contributed by atoms with E-state index in [4.69, 9.17) is 10.5 Å². The number of carbonyl (C=O) groups is 1. The maximum atomic E-state index is 10.8. The number of nitrogens with two attached hydrogens (primary N) is 1. The molecule has 1 rings (SSSR count). The molecule has 7 heteroatoms. The summed E-state index contributed by atoms with van der Waals surface area (Å²) >= 11 is 0. The van der Waals surface area contributed by atoms with Gasteiger partial charge in [0.2, 0.25) is 0 Å². The Morgan fingerprint density at radius 2 is 1.93 bits per heavy atom. The van der Waals surface area contributed by atoms with Gasteiger partial charge < -0.3 is 21.1 Å². The van der Waals surface area contributed by atoms with Crippen molar-refractivity contribution in [2.75, 3.05) is 26.2 Å². The molecule has 0 radical (unpaired) electrons. The van der Waals surface area contributed by atoms with Crippen LogP contribution in [0.2, 0.25) is 0 Å². The summed E-state index contributed by atoms with van der Waals surface area (Å²) in [5.74, 6) is 0.909. The van der Waals surface area contributed by atoms with Gasteiger partial charge in [-0.1, -0.05) is 12.1 Å². The standard InChI is InChI=1S/C20H35N5O2/c1-6-22-20(23-10-11-25(15(2)3)16(4)5)24-13-17-8-7-9-18(12-17)27-14-19(21)26/h7-9,12,15-16H,6,10-11,13-14H2,1-5H3,(H2,21,26)(H2,22,23,24). The minimum Gasteiger partial charge on any atom is -0.484 e. The van der Waals surface area contributed by atoms with Gasteiger partial charge in [0.1, 0.15) is 5.75 Å². The van der Waals surface area contributed by atoms with Crippen LogP contribution < -0.4 is 21.1 Å². The molecule has 152 valence electrons. The predicted molar refractivity (Wildman–Crippen MR) is 111 cm³/mol. The first kappa shape index (κ1) is 22.8. The van der Waals surface area contributed by atoms with Crippen molar-refractivity contribution in [1.82, 2.24) is 15.5 Å². The van der Waals surface area contributed by atoms with E-state index in [1.807, 2.05) is 25.1 Å². The van der Waals surface area contributed by atoms with E-state index < -0.39 is 5.91 Å². The van der Waals surface area contributed by atoms with E-state index in [1.54, 1.807) is 6.07 Å². The zero-order valence-corrected chi connectivity index (χ0v) is 17.3. The first-order valence-electron chi connectivity index (χ1n) is 9.61. The van der Waals surface area contributed by atoms with Crippen LogP contribution in [-0.4, -0.2) is 55.1 Å². The minimum atomic E-state index is -0.492.